The Morgan fingerprint density at radius 2 is 2.50 bits per heavy atom. The van der Waals surface area contributed by atoms with Crippen LogP contribution in [0.25, 0.3) is 0 Å². The maximum atomic E-state index is 10.8. The number of hydrogen-bond donors (Lipinski definition) is 2. The number of ether oxygens (including phenoxy) is 1. The lowest BCUT2D eigenvalue weighted by atomic mass is 10.1. The summed E-state index contributed by atoms with van der Waals surface area (Å²) in [7, 11) is 0. The molecule has 76 valence electrons. The first-order valence-electron chi connectivity index (χ1n) is 4.59. The highest BCUT2D eigenvalue weighted by Crippen LogP contribution is 2.18. The Kier molecular flexibility index (Phi) is 2.25. The Hall–Kier alpha value is -1.36. The SMILES string of the molecule is C[C@H]1Cc2[nH]nc(C(=O)O)c2CCO1. The molecule has 0 aromatic carbocycles. The predicted molar refractivity (Wildman–Crippen MR) is 48.4 cm³/mol. The van der Waals surface area contributed by atoms with Crippen LogP contribution in [0.1, 0.15) is 28.7 Å². The minimum Gasteiger partial charge on any atom is -0.476 e. The van der Waals surface area contributed by atoms with Crippen molar-refractivity contribution >= 4 is 5.97 Å². The van der Waals surface area contributed by atoms with Gasteiger partial charge in [0.25, 0.3) is 0 Å². The Morgan fingerprint density at radius 3 is 3.21 bits per heavy atom. The molecule has 0 spiro atoms. The fourth-order valence-corrected chi connectivity index (χ4v) is 1.72. The average molecular weight is 196 g/mol. The van der Waals surface area contributed by atoms with Gasteiger partial charge in [-0.2, -0.15) is 5.10 Å². The molecule has 2 N–H and O–H groups in total. The molecule has 2 heterocycles. The molecule has 1 aliphatic heterocycles. The maximum Gasteiger partial charge on any atom is 0.356 e. The van der Waals surface area contributed by atoms with Crippen molar-refractivity contribution in [3.63, 3.8) is 0 Å². The molecule has 0 radical (unpaired) electrons. The van der Waals surface area contributed by atoms with Crippen molar-refractivity contribution < 1.29 is 14.6 Å². The summed E-state index contributed by atoms with van der Waals surface area (Å²) in [5.74, 6) is -0.975. The third kappa shape index (κ3) is 1.50. The van der Waals surface area contributed by atoms with Crippen LogP contribution >= 0.6 is 0 Å². The van der Waals surface area contributed by atoms with Crippen LogP contribution in [0.4, 0.5) is 0 Å². The van der Waals surface area contributed by atoms with E-state index in [4.69, 9.17) is 9.84 Å². The predicted octanol–water partition coefficient (Wildman–Crippen LogP) is 0.612. The van der Waals surface area contributed by atoms with Crippen LogP contribution in [0, 0.1) is 0 Å². The van der Waals surface area contributed by atoms with Crippen molar-refractivity contribution in [3.05, 3.63) is 17.0 Å². The molecule has 0 fully saturated rings. The van der Waals surface area contributed by atoms with Gasteiger partial charge in [-0.3, -0.25) is 5.10 Å². The molecule has 0 bridgehead atoms. The summed E-state index contributed by atoms with van der Waals surface area (Å²) in [6, 6.07) is 0. The normalized spacial score (nSPS) is 21.4. The number of carbonyl (C=O) groups is 1. The van der Waals surface area contributed by atoms with E-state index in [1.54, 1.807) is 0 Å². The van der Waals surface area contributed by atoms with E-state index in [2.05, 4.69) is 10.2 Å². The van der Waals surface area contributed by atoms with E-state index in [9.17, 15) is 4.79 Å². The van der Waals surface area contributed by atoms with Crippen molar-refractivity contribution in [2.24, 2.45) is 0 Å². The van der Waals surface area contributed by atoms with Gasteiger partial charge in [0, 0.05) is 24.1 Å². The third-order valence-corrected chi connectivity index (χ3v) is 2.40. The maximum absolute atomic E-state index is 10.8. The van der Waals surface area contributed by atoms with Crippen LogP contribution in [0.15, 0.2) is 0 Å². The molecular formula is C9H12N2O3. The summed E-state index contributed by atoms with van der Waals surface area (Å²) >= 11 is 0. The van der Waals surface area contributed by atoms with Crippen molar-refractivity contribution in [2.45, 2.75) is 25.9 Å². The zero-order valence-corrected chi connectivity index (χ0v) is 7.91. The molecule has 0 unspecified atom stereocenters. The summed E-state index contributed by atoms with van der Waals surface area (Å²) in [5.41, 5.74) is 1.83. The summed E-state index contributed by atoms with van der Waals surface area (Å²) in [5, 5.41) is 15.4. The number of fused-ring (bicyclic) bond motifs is 1. The summed E-state index contributed by atoms with van der Waals surface area (Å²) in [4.78, 5) is 10.8. The second kappa shape index (κ2) is 3.42. The lowest BCUT2D eigenvalue weighted by Crippen LogP contribution is -2.10. The molecule has 1 aromatic rings. The number of hydrogen-bond acceptors (Lipinski definition) is 3. The smallest absolute Gasteiger partial charge is 0.356 e. The summed E-state index contributed by atoms with van der Waals surface area (Å²) in [6.45, 7) is 2.53. The lowest BCUT2D eigenvalue weighted by Gasteiger charge is -2.06. The van der Waals surface area contributed by atoms with Crippen LogP contribution in [-0.2, 0) is 17.6 Å². The monoisotopic (exact) mass is 196 g/mol. The first-order chi connectivity index (χ1) is 6.68. The van der Waals surface area contributed by atoms with E-state index < -0.39 is 5.97 Å². The van der Waals surface area contributed by atoms with Gasteiger partial charge >= 0.3 is 5.97 Å². The quantitative estimate of drug-likeness (QED) is 0.690. The van der Waals surface area contributed by atoms with E-state index >= 15 is 0 Å². The van der Waals surface area contributed by atoms with E-state index in [1.165, 1.54) is 0 Å². The van der Waals surface area contributed by atoms with Gasteiger partial charge in [-0.05, 0) is 6.92 Å². The summed E-state index contributed by atoms with van der Waals surface area (Å²) < 4.78 is 5.44. The second-order valence-electron chi connectivity index (χ2n) is 3.47. The van der Waals surface area contributed by atoms with Gasteiger partial charge in [0.05, 0.1) is 12.7 Å². The number of aromatic carboxylic acids is 1. The zero-order chi connectivity index (χ0) is 10.1. The van der Waals surface area contributed by atoms with E-state index in [0.29, 0.717) is 19.4 Å². The fraction of sp³-hybridized carbons (Fsp3) is 0.556. The zero-order valence-electron chi connectivity index (χ0n) is 7.91. The van der Waals surface area contributed by atoms with Gasteiger partial charge in [0.15, 0.2) is 5.69 Å². The number of carboxylic acid groups (broad SMARTS) is 1. The Balaban J connectivity index is 2.37. The highest BCUT2D eigenvalue weighted by atomic mass is 16.5. The number of H-pyrrole nitrogens is 1. The van der Waals surface area contributed by atoms with E-state index in [0.717, 1.165) is 11.3 Å². The van der Waals surface area contributed by atoms with Crippen molar-refractivity contribution in [1.29, 1.82) is 0 Å². The number of aromatic amines is 1. The van der Waals surface area contributed by atoms with Gasteiger partial charge in [-0.15, -0.1) is 0 Å². The van der Waals surface area contributed by atoms with Gasteiger partial charge in [0.2, 0.25) is 0 Å². The number of rotatable bonds is 1. The van der Waals surface area contributed by atoms with Crippen molar-refractivity contribution in [2.75, 3.05) is 6.61 Å². The number of aromatic nitrogens is 2. The van der Waals surface area contributed by atoms with Gasteiger partial charge in [0.1, 0.15) is 0 Å². The molecule has 0 amide bonds. The van der Waals surface area contributed by atoms with Crippen LogP contribution in [0.5, 0.6) is 0 Å². The molecule has 5 nitrogen and oxygen atoms in total. The molecule has 1 aromatic heterocycles. The van der Waals surface area contributed by atoms with Gasteiger partial charge in [-0.25, -0.2) is 4.79 Å². The highest BCUT2D eigenvalue weighted by molar-refractivity contribution is 5.87. The summed E-state index contributed by atoms with van der Waals surface area (Å²) in [6.07, 6.45) is 1.45. The minimum atomic E-state index is -0.975. The van der Waals surface area contributed by atoms with Crippen LogP contribution in [-0.4, -0.2) is 34.0 Å². The van der Waals surface area contributed by atoms with Gasteiger partial charge in [-0.1, -0.05) is 0 Å². The Morgan fingerprint density at radius 1 is 1.71 bits per heavy atom. The standard InChI is InChI=1S/C9H12N2O3/c1-5-4-7-6(2-3-14-5)8(9(12)13)11-10-7/h5H,2-4H2,1H3,(H,10,11)(H,12,13)/t5-/m0/s1. The second-order valence-corrected chi connectivity index (χ2v) is 3.47. The molecule has 0 saturated heterocycles. The van der Waals surface area contributed by atoms with Gasteiger partial charge < -0.3 is 9.84 Å². The van der Waals surface area contributed by atoms with E-state index in [-0.39, 0.29) is 11.8 Å². The molecule has 0 aliphatic carbocycles. The molecular weight excluding hydrogens is 184 g/mol. The van der Waals surface area contributed by atoms with Crippen LogP contribution in [0.3, 0.4) is 0 Å². The Bertz CT molecular complexity index is 359. The van der Waals surface area contributed by atoms with Crippen LogP contribution in [0.2, 0.25) is 0 Å². The minimum absolute atomic E-state index is 0.123. The first kappa shape index (κ1) is 9.21. The average Bonchev–Trinajstić information content (AvgIpc) is 2.41. The Labute approximate surface area is 81.1 Å². The number of nitrogens with zero attached hydrogens (tertiary/aromatic N) is 1. The van der Waals surface area contributed by atoms with Crippen molar-refractivity contribution in [1.82, 2.24) is 10.2 Å². The lowest BCUT2D eigenvalue weighted by molar-refractivity contribution is 0.0682. The number of carboxylic acids is 1. The topological polar surface area (TPSA) is 75.2 Å². The molecule has 5 heteroatoms. The largest absolute Gasteiger partial charge is 0.476 e. The third-order valence-electron chi connectivity index (χ3n) is 2.40. The molecule has 2 rings (SSSR count). The highest BCUT2D eigenvalue weighted by Gasteiger charge is 2.22. The number of nitrogens with one attached hydrogen (secondary N) is 1. The fourth-order valence-electron chi connectivity index (χ4n) is 1.72. The molecule has 1 aliphatic rings. The van der Waals surface area contributed by atoms with Crippen LogP contribution < -0.4 is 0 Å². The molecule has 14 heavy (non-hydrogen) atoms. The molecule has 1 atom stereocenters. The van der Waals surface area contributed by atoms with Crippen molar-refractivity contribution in [3.8, 4) is 0 Å². The first-order valence-corrected chi connectivity index (χ1v) is 4.59. The van der Waals surface area contributed by atoms with E-state index in [1.807, 2.05) is 6.92 Å². The molecule has 0 saturated carbocycles.